The fourth-order valence-electron chi connectivity index (χ4n) is 4.33. The van der Waals surface area contributed by atoms with Crippen molar-refractivity contribution in [1.29, 1.82) is 0 Å². The van der Waals surface area contributed by atoms with Crippen LogP contribution in [0.3, 0.4) is 0 Å². The molecule has 0 bridgehead atoms. The lowest BCUT2D eigenvalue weighted by molar-refractivity contribution is 0.483. The van der Waals surface area contributed by atoms with E-state index >= 15 is 0 Å². The smallest absolute Gasteiger partial charge is 0.0439 e. The van der Waals surface area contributed by atoms with E-state index in [1.165, 1.54) is 51.6 Å². The van der Waals surface area contributed by atoms with E-state index < -0.39 is 0 Å². The third-order valence-corrected chi connectivity index (χ3v) is 5.08. The van der Waals surface area contributed by atoms with E-state index in [1.54, 1.807) is 27.9 Å². The molecule has 0 N–H and O–H groups in total. The van der Waals surface area contributed by atoms with Crippen LogP contribution in [0.2, 0.25) is 0 Å². The Morgan fingerprint density at radius 3 is 3.00 bits per heavy atom. The Balaban J connectivity index is 2.01. The van der Waals surface area contributed by atoms with E-state index in [0.29, 0.717) is 0 Å². The van der Waals surface area contributed by atoms with E-state index in [2.05, 4.69) is 17.9 Å². The maximum Gasteiger partial charge on any atom is 0.0439 e. The van der Waals surface area contributed by atoms with Gasteiger partial charge in [0.2, 0.25) is 0 Å². The van der Waals surface area contributed by atoms with Crippen LogP contribution in [0, 0.1) is 6.92 Å². The molecule has 1 atom stereocenters. The van der Waals surface area contributed by atoms with Gasteiger partial charge in [0.25, 0.3) is 0 Å². The summed E-state index contributed by atoms with van der Waals surface area (Å²) in [6, 6.07) is 2.51. The monoisotopic (exact) mass is 227 g/mol. The van der Waals surface area contributed by atoms with Crippen LogP contribution in [-0.4, -0.2) is 13.1 Å². The first kappa shape index (κ1) is 9.99. The number of anilines is 1. The minimum atomic E-state index is 0.891. The fourth-order valence-corrected chi connectivity index (χ4v) is 4.33. The maximum absolute atomic E-state index is 2.69. The predicted molar refractivity (Wildman–Crippen MR) is 72.0 cm³/mol. The largest absolute Gasteiger partial charge is 0.371 e. The molecule has 0 fully saturated rings. The van der Waals surface area contributed by atoms with Crippen LogP contribution in [0.4, 0.5) is 5.69 Å². The molecule has 2 aliphatic heterocycles. The number of hydrogen-bond donors (Lipinski definition) is 0. The Labute approximate surface area is 104 Å². The standard InChI is InChI=1S/C16H21N/c1-11-10-13-5-2-4-12-7-9-17-8-3-6-14(11)16(17)15(12)13/h10,12H,2-9H2,1H3. The first-order chi connectivity index (χ1) is 8.34. The van der Waals surface area contributed by atoms with Gasteiger partial charge in [-0.05, 0) is 73.6 Å². The zero-order valence-electron chi connectivity index (χ0n) is 10.8. The van der Waals surface area contributed by atoms with Crippen molar-refractivity contribution in [3.8, 4) is 0 Å². The molecular weight excluding hydrogens is 206 g/mol. The Bertz CT molecular complexity index is 475. The van der Waals surface area contributed by atoms with Gasteiger partial charge in [-0.25, -0.2) is 0 Å². The number of rotatable bonds is 0. The Morgan fingerprint density at radius 1 is 1.12 bits per heavy atom. The van der Waals surface area contributed by atoms with Crippen molar-refractivity contribution in [2.45, 2.75) is 51.4 Å². The van der Waals surface area contributed by atoms with Crippen LogP contribution in [0.15, 0.2) is 6.07 Å². The van der Waals surface area contributed by atoms with Gasteiger partial charge in [0, 0.05) is 18.8 Å². The average Bonchev–Trinajstić information content (AvgIpc) is 2.37. The Hall–Kier alpha value is -0.980. The molecule has 0 radical (unpaired) electrons. The lowest BCUT2D eigenvalue weighted by atomic mass is 9.74. The van der Waals surface area contributed by atoms with Gasteiger partial charge in [-0.2, -0.15) is 0 Å². The molecule has 1 aliphatic carbocycles. The molecule has 1 unspecified atom stereocenters. The second-order valence-corrected chi connectivity index (χ2v) is 6.06. The van der Waals surface area contributed by atoms with E-state index in [1.807, 2.05) is 0 Å². The minimum Gasteiger partial charge on any atom is -0.371 e. The summed E-state index contributed by atoms with van der Waals surface area (Å²) < 4.78 is 0. The highest BCUT2D eigenvalue weighted by atomic mass is 15.1. The van der Waals surface area contributed by atoms with E-state index in [-0.39, 0.29) is 0 Å². The van der Waals surface area contributed by atoms with Crippen LogP contribution in [0.25, 0.3) is 0 Å². The highest BCUT2D eigenvalue weighted by molar-refractivity contribution is 5.69. The molecule has 4 rings (SSSR count). The van der Waals surface area contributed by atoms with E-state index in [0.717, 1.165) is 5.92 Å². The molecule has 0 saturated carbocycles. The van der Waals surface area contributed by atoms with Crippen LogP contribution in [-0.2, 0) is 12.8 Å². The third kappa shape index (κ3) is 1.31. The maximum atomic E-state index is 2.69. The van der Waals surface area contributed by atoms with E-state index in [9.17, 15) is 0 Å². The van der Waals surface area contributed by atoms with Gasteiger partial charge < -0.3 is 4.90 Å². The molecule has 17 heavy (non-hydrogen) atoms. The predicted octanol–water partition coefficient (Wildman–Crippen LogP) is 3.57. The molecule has 1 heteroatoms. The SMILES string of the molecule is Cc1cc2c3c4c1CCCN4CCC3CCC2. The molecule has 1 nitrogen and oxygen atoms in total. The number of nitrogens with zero attached hydrogens (tertiary/aromatic N) is 1. The lowest BCUT2D eigenvalue weighted by Gasteiger charge is -2.43. The molecule has 0 aromatic heterocycles. The van der Waals surface area contributed by atoms with Gasteiger partial charge in [-0.1, -0.05) is 6.07 Å². The number of aryl methyl sites for hydroxylation is 2. The second-order valence-electron chi connectivity index (χ2n) is 6.06. The van der Waals surface area contributed by atoms with Gasteiger partial charge >= 0.3 is 0 Å². The summed E-state index contributed by atoms with van der Waals surface area (Å²) in [4.78, 5) is 2.69. The Morgan fingerprint density at radius 2 is 2.06 bits per heavy atom. The van der Waals surface area contributed by atoms with Crippen LogP contribution in [0.5, 0.6) is 0 Å². The summed E-state index contributed by atoms with van der Waals surface area (Å²) in [6.07, 6.45) is 8.26. The first-order valence-corrected chi connectivity index (χ1v) is 7.25. The average molecular weight is 227 g/mol. The minimum absolute atomic E-state index is 0.891. The van der Waals surface area contributed by atoms with Crippen molar-refractivity contribution >= 4 is 5.69 Å². The topological polar surface area (TPSA) is 3.24 Å². The quantitative estimate of drug-likeness (QED) is 0.655. The second kappa shape index (κ2) is 3.51. The summed E-state index contributed by atoms with van der Waals surface area (Å²) in [6.45, 7) is 4.94. The van der Waals surface area contributed by atoms with Gasteiger partial charge in [0.05, 0.1) is 0 Å². The summed E-state index contributed by atoms with van der Waals surface area (Å²) in [5.41, 5.74) is 8.38. The molecule has 0 saturated heterocycles. The molecular formula is C16H21N. The van der Waals surface area contributed by atoms with Gasteiger partial charge in [0.1, 0.15) is 0 Å². The molecule has 90 valence electrons. The molecule has 0 spiro atoms. The highest BCUT2D eigenvalue weighted by Gasteiger charge is 2.33. The first-order valence-electron chi connectivity index (χ1n) is 7.25. The summed E-state index contributed by atoms with van der Waals surface area (Å²) in [5, 5.41) is 0. The fraction of sp³-hybridized carbons (Fsp3) is 0.625. The zero-order chi connectivity index (χ0) is 11.4. The molecule has 1 aromatic carbocycles. The van der Waals surface area contributed by atoms with Crippen molar-refractivity contribution in [2.24, 2.45) is 0 Å². The Kier molecular flexibility index (Phi) is 2.06. The lowest BCUT2D eigenvalue weighted by Crippen LogP contribution is -2.37. The zero-order valence-corrected chi connectivity index (χ0v) is 10.8. The van der Waals surface area contributed by atoms with Crippen molar-refractivity contribution in [2.75, 3.05) is 18.0 Å². The van der Waals surface area contributed by atoms with E-state index in [4.69, 9.17) is 0 Å². The third-order valence-electron chi connectivity index (χ3n) is 5.08. The molecule has 2 heterocycles. The van der Waals surface area contributed by atoms with Crippen LogP contribution < -0.4 is 4.90 Å². The van der Waals surface area contributed by atoms with Crippen molar-refractivity contribution in [3.05, 3.63) is 28.3 Å². The molecule has 3 aliphatic rings. The summed E-state index contributed by atoms with van der Waals surface area (Å²) in [7, 11) is 0. The van der Waals surface area contributed by atoms with Crippen LogP contribution in [0.1, 0.15) is 53.9 Å². The van der Waals surface area contributed by atoms with Crippen molar-refractivity contribution < 1.29 is 0 Å². The normalized spacial score (nSPS) is 25.7. The number of hydrogen-bond acceptors (Lipinski definition) is 1. The molecule has 1 aromatic rings. The highest BCUT2D eigenvalue weighted by Crippen LogP contribution is 2.47. The van der Waals surface area contributed by atoms with Gasteiger partial charge in [-0.3, -0.25) is 0 Å². The van der Waals surface area contributed by atoms with Crippen molar-refractivity contribution in [3.63, 3.8) is 0 Å². The summed E-state index contributed by atoms with van der Waals surface area (Å²) in [5.74, 6) is 0.891. The van der Waals surface area contributed by atoms with Crippen LogP contribution >= 0.6 is 0 Å². The van der Waals surface area contributed by atoms with Gasteiger partial charge in [0.15, 0.2) is 0 Å². The number of benzene rings is 1. The van der Waals surface area contributed by atoms with Gasteiger partial charge in [-0.15, -0.1) is 0 Å². The van der Waals surface area contributed by atoms with Crippen molar-refractivity contribution in [1.82, 2.24) is 0 Å². The molecule has 0 amide bonds. The summed E-state index contributed by atoms with van der Waals surface area (Å²) >= 11 is 0.